The summed E-state index contributed by atoms with van der Waals surface area (Å²) in [4.78, 5) is 10.4. The van der Waals surface area contributed by atoms with Gasteiger partial charge in [-0.25, -0.2) is 0 Å². The van der Waals surface area contributed by atoms with Gasteiger partial charge in [-0.2, -0.15) is 0 Å². The smallest absolute Gasteiger partial charge is 0.293 e. The zero-order chi connectivity index (χ0) is 13.0. The molecule has 6 heteroatoms. The monoisotopic (exact) mass is 302 g/mol. The Morgan fingerprint density at radius 2 is 2.18 bits per heavy atom. The fourth-order valence-corrected chi connectivity index (χ4v) is 1.60. The van der Waals surface area contributed by atoms with E-state index in [1.54, 1.807) is 12.1 Å². The molecule has 1 rings (SSSR count). The molecule has 0 spiro atoms. The second-order valence-corrected chi connectivity index (χ2v) is 5.03. The van der Waals surface area contributed by atoms with E-state index in [0.29, 0.717) is 16.7 Å². The van der Waals surface area contributed by atoms with Crippen LogP contribution in [0.5, 0.6) is 0 Å². The van der Waals surface area contributed by atoms with Crippen LogP contribution in [0.1, 0.15) is 13.8 Å². The minimum absolute atomic E-state index is 0.00432. The van der Waals surface area contributed by atoms with Gasteiger partial charge < -0.3 is 10.4 Å². The van der Waals surface area contributed by atoms with Crippen molar-refractivity contribution in [3.63, 3.8) is 0 Å². The van der Waals surface area contributed by atoms with Crippen molar-refractivity contribution in [3.8, 4) is 0 Å². The standard InChI is InChI=1S/C11H15BrN2O3/c1-7(2)11(15)6-13-9-4-3-8(12)5-10(9)14(16)17/h3-5,7,11,13,15H,6H2,1-2H3. The molecule has 1 aromatic carbocycles. The minimum atomic E-state index is -0.529. The lowest BCUT2D eigenvalue weighted by Gasteiger charge is -2.15. The molecule has 0 fully saturated rings. The number of benzene rings is 1. The highest BCUT2D eigenvalue weighted by Gasteiger charge is 2.15. The number of nitro groups is 1. The molecule has 0 amide bonds. The second kappa shape index (κ2) is 5.97. The van der Waals surface area contributed by atoms with Crippen LogP contribution in [0, 0.1) is 16.0 Å². The van der Waals surface area contributed by atoms with Gasteiger partial charge in [0.2, 0.25) is 0 Å². The summed E-state index contributed by atoms with van der Waals surface area (Å²) in [6.45, 7) is 4.07. The van der Waals surface area contributed by atoms with E-state index in [1.165, 1.54) is 6.07 Å². The largest absolute Gasteiger partial charge is 0.391 e. The van der Waals surface area contributed by atoms with Gasteiger partial charge in [-0.05, 0) is 18.1 Å². The summed E-state index contributed by atoms with van der Waals surface area (Å²) in [7, 11) is 0. The molecule has 0 aliphatic heterocycles. The summed E-state index contributed by atoms with van der Waals surface area (Å²) >= 11 is 3.19. The van der Waals surface area contributed by atoms with Gasteiger partial charge in [0.25, 0.3) is 5.69 Å². The molecule has 1 atom stereocenters. The van der Waals surface area contributed by atoms with E-state index in [4.69, 9.17) is 0 Å². The maximum atomic E-state index is 10.8. The number of nitrogens with one attached hydrogen (secondary N) is 1. The SMILES string of the molecule is CC(C)C(O)CNc1ccc(Br)cc1[N+](=O)[O-]. The number of hydrogen-bond acceptors (Lipinski definition) is 4. The van der Waals surface area contributed by atoms with Gasteiger partial charge in [-0.3, -0.25) is 10.1 Å². The number of hydrogen-bond donors (Lipinski definition) is 2. The summed E-state index contributed by atoms with van der Waals surface area (Å²) in [5.74, 6) is 0.108. The van der Waals surface area contributed by atoms with Crippen molar-refractivity contribution in [1.29, 1.82) is 0 Å². The van der Waals surface area contributed by atoms with Gasteiger partial charge in [0.15, 0.2) is 0 Å². The fourth-order valence-electron chi connectivity index (χ4n) is 1.26. The molecule has 0 aliphatic rings. The quantitative estimate of drug-likeness (QED) is 0.648. The Hall–Kier alpha value is -1.14. The van der Waals surface area contributed by atoms with E-state index < -0.39 is 11.0 Å². The molecule has 94 valence electrons. The molecular formula is C11H15BrN2O3. The topological polar surface area (TPSA) is 75.4 Å². The molecule has 0 heterocycles. The van der Waals surface area contributed by atoms with Crippen LogP contribution in [0.3, 0.4) is 0 Å². The van der Waals surface area contributed by atoms with Crippen molar-refractivity contribution in [1.82, 2.24) is 0 Å². The van der Waals surface area contributed by atoms with Crippen molar-refractivity contribution < 1.29 is 10.0 Å². The van der Waals surface area contributed by atoms with Crippen molar-refractivity contribution >= 4 is 27.3 Å². The maximum absolute atomic E-state index is 10.8. The summed E-state index contributed by atoms with van der Waals surface area (Å²) in [5, 5.41) is 23.4. The van der Waals surface area contributed by atoms with Crippen molar-refractivity contribution in [2.45, 2.75) is 20.0 Å². The molecule has 0 saturated carbocycles. The average molecular weight is 303 g/mol. The Balaban J connectivity index is 2.80. The number of anilines is 1. The first-order valence-corrected chi connectivity index (χ1v) is 6.07. The Morgan fingerprint density at radius 1 is 1.53 bits per heavy atom. The van der Waals surface area contributed by atoms with Crippen molar-refractivity contribution in [2.24, 2.45) is 5.92 Å². The Bertz CT molecular complexity index is 410. The zero-order valence-electron chi connectivity index (χ0n) is 9.68. The Labute approximate surface area is 108 Å². The predicted octanol–water partition coefficient (Wildman–Crippen LogP) is 2.79. The van der Waals surface area contributed by atoms with Crippen LogP contribution >= 0.6 is 15.9 Å². The Kier molecular flexibility index (Phi) is 4.89. The molecular weight excluding hydrogens is 288 g/mol. The van der Waals surface area contributed by atoms with Crippen molar-refractivity contribution in [3.05, 3.63) is 32.8 Å². The summed E-state index contributed by atoms with van der Waals surface area (Å²) < 4.78 is 0.652. The van der Waals surface area contributed by atoms with Crippen LogP contribution in [-0.2, 0) is 0 Å². The molecule has 0 radical (unpaired) electrons. The third kappa shape index (κ3) is 3.98. The highest BCUT2D eigenvalue weighted by molar-refractivity contribution is 9.10. The molecule has 1 unspecified atom stereocenters. The predicted molar refractivity (Wildman–Crippen MR) is 70.1 cm³/mol. The molecule has 0 aliphatic carbocycles. The van der Waals surface area contributed by atoms with E-state index in [2.05, 4.69) is 21.2 Å². The third-order valence-electron chi connectivity index (χ3n) is 2.43. The van der Waals surface area contributed by atoms with Crippen LogP contribution in [0.15, 0.2) is 22.7 Å². The maximum Gasteiger partial charge on any atom is 0.293 e. The summed E-state index contributed by atoms with van der Waals surface area (Å²) in [6, 6.07) is 4.77. The second-order valence-electron chi connectivity index (χ2n) is 4.11. The van der Waals surface area contributed by atoms with E-state index in [0.717, 1.165) is 0 Å². The van der Waals surface area contributed by atoms with E-state index >= 15 is 0 Å². The first kappa shape index (κ1) is 13.9. The molecule has 17 heavy (non-hydrogen) atoms. The van der Waals surface area contributed by atoms with Crippen LogP contribution < -0.4 is 5.32 Å². The highest BCUT2D eigenvalue weighted by atomic mass is 79.9. The normalized spacial score (nSPS) is 12.5. The van der Waals surface area contributed by atoms with Crippen LogP contribution in [0.25, 0.3) is 0 Å². The first-order valence-electron chi connectivity index (χ1n) is 5.27. The minimum Gasteiger partial charge on any atom is -0.391 e. The lowest BCUT2D eigenvalue weighted by molar-refractivity contribution is -0.384. The third-order valence-corrected chi connectivity index (χ3v) is 2.92. The van der Waals surface area contributed by atoms with Crippen molar-refractivity contribution in [2.75, 3.05) is 11.9 Å². The molecule has 0 saturated heterocycles. The van der Waals surface area contributed by atoms with Gasteiger partial charge in [0, 0.05) is 17.1 Å². The van der Waals surface area contributed by atoms with E-state index in [1.807, 2.05) is 13.8 Å². The number of nitro benzene ring substituents is 1. The van der Waals surface area contributed by atoms with Gasteiger partial charge in [0.05, 0.1) is 11.0 Å². The fraction of sp³-hybridized carbons (Fsp3) is 0.455. The van der Waals surface area contributed by atoms with Gasteiger partial charge in [-0.1, -0.05) is 29.8 Å². The molecule has 5 nitrogen and oxygen atoms in total. The number of aliphatic hydroxyl groups excluding tert-OH is 1. The lowest BCUT2D eigenvalue weighted by Crippen LogP contribution is -2.25. The van der Waals surface area contributed by atoms with Gasteiger partial charge in [-0.15, -0.1) is 0 Å². The number of nitrogens with zero attached hydrogens (tertiary/aromatic N) is 1. The molecule has 0 bridgehead atoms. The van der Waals surface area contributed by atoms with E-state index in [-0.39, 0.29) is 11.6 Å². The van der Waals surface area contributed by atoms with Crippen LogP contribution in [-0.4, -0.2) is 22.7 Å². The molecule has 2 N–H and O–H groups in total. The average Bonchev–Trinajstić information content (AvgIpc) is 2.26. The molecule has 0 aromatic heterocycles. The molecule has 1 aromatic rings. The van der Waals surface area contributed by atoms with E-state index in [9.17, 15) is 15.2 Å². The summed E-state index contributed by atoms with van der Waals surface area (Å²) in [6.07, 6.45) is -0.529. The Morgan fingerprint density at radius 3 is 2.71 bits per heavy atom. The number of halogens is 1. The number of aliphatic hydroxyl groups is 1. The van der Waals surface area contributed by atoms with Crippen LogP contribution in [0.2, 0.25) is 0 Å². The van der Waals surface area contributed by atoms with Gasteiger partial charge >= 0.3 is 0 Å². The summed E-state index contributed by atoms with van der Waals surface area (Å²) in [5.41, 5.74) is 0.410. The zero-order valence-corrected chi connectivity index (χ0v) is 11.3. The lowest BCUT2D eigenvalue weighted by atomic mass is 10.1. The number of rotatable bonds is 5. The first-order chi connectivity index (χ1) is 7.91. The van der Waals surface area contributed by atoms with Crippen LogP contribution in [0.4, 0.5) is 11.4 Å². The highest BCUT2D eigenvalue weighted by Crippen LogP contribution is 2.27. The van der Waals surface area contributed by atoms with Gasteiger partial charge in [0.1, 0.15) is 5.69 Å².